The van der Waals surface area contributed by atoms with Gasteiger partial charge < -0.3 is 10.8 Å². The lowest BCUT2D eigenvalue weighted by Gasteiger charge is -2.07. The highest BCUT2D eigenvalue weighted by Crippen LogP contribution is 2.25. The molecule has 2 aromatic carbocycles. The number of nitrogens with two attached hydrogens (primary N) is 1. The Hall–Kier alpha value is -2.94. The third kappa shape index (κ3) is 3.64. The fourth-order valence-electron chi connectivity index (χ4n) is 1.95. The Morgan fingerprint density at radius 3 is 2.30 bits per heavy atom. The number of hydrogen-bond acceptors (Lipinski definition) is 6. The van der Waals surface area contributed by atoms with E-state index < -0.39 is 32.2 Å². The maximum absolute atomic E-state index is 12.3. The van der Waals surface area contributed by atoms with Crippen LogP contribution in [-0.4, -0.2) is 24.4 Å². The van der Waals surface area contributed by atoms with E-state index in [1.807, 2.05) is 0 Å². The van der Waals surface area contributed by atoms with Gasteiger partial charge in [0.1, 0.15) is 0 Å². The van der Waals surface area contributed by atoms with Crippen LogP contribution in [0.2, 0.25) is 0 Å². The summed E-state index contributed by atoms with van der Waals surface area (Å²) in [6.45, 7) is 0. The number of nitrogens with zero attached hydrogens (tertiary/aromatic N) is 1. The van der Waals surface area contributed by atoms with Crippen molar-refractivity contribution < 1.29 is 23.2 Å². The molecule has 0 fully saturated rings. The molecule has 0 amide bonds. The normalized spacial score (nSPS) is 11.1. The molecule has 8 nitrogen and oxygen atoms in total. The van der Waals surface area contributed by atoms with Crippen molar-refractivity contribution in [3.8, 4) is 0 Å². The van der Waals surface area contributed by atoms with Gasteiger partial charge in [0.25, 0.3) is 5.69 Å². The Balaban J connectivity index is 2.44. The van der Waals surface area contributed by atoms with Crippen molar-refractivity contribution >= 4 is 27.2 Å². The average Bonchev–Trinajstić information content (AvgIpc) is 2.47. The highest BCUT2D eigenvalue weighted by molar-refractivity contribution is 7.90. The molecule has 0 bridgehead atoms. The fourth-order valence-corrected chi connectivity index (χ4v) is 3.32. The van der Waals surface area contributed by atoms with Gasteiger partial charge in [-0.3, -0.25) is 10.1 Å². The minimum absolute atomic E-state index is 0.0247. The van der Waals surface area contributed by atoms with Gasteiger partial charge in [-0.1, -0.05) is 6.07 Å². The van der Waals surface area contributed by atoms with Crippen LogP contribution in [0.15, 0.2) is 47.4 Å². The molecule has 0 aromatic heterocycles. The van der Waals surface area contributed by atoms with Crippen LogP contribution in [0.1, 0.15) is 15.9 Å². The molecule has 0 unspecified atom stereocenters. The topological polar surface area (TPSA) is 141 Å². The fraction of sp³-hybridized carbons (Fsp3) is 0.0714. The van der Waals surface area contributed by atoms with Gasteiger partial charge in [0.2, 0.25) is 0 Å². The van der Waals surface area contributed by atoms with Crippen LogP contribution in [0.3, 0.4) is 0 Å². The van der Waals surface area contributed by atoms with Gasteiger partial charge in [-0.15, -0.1) is 0 Å². The second-order valence-electron chi connectivity index (χ2n) is 4.73. The molecule has 23 heavy (non-hydrogen) atoms. The maximum atomic E-state index is 12.3. The predicted molar refractivity (Wildman–Crippen MR) is 81.8 cm³/mol. The van der Waals surface area contributed by atoms with E-state index in [1.54, 1.807) is 0 Å². The van der Waals surface area contributed by atoms with Crippen molar-refractivity contribution in [2.24, 2.45) is 0 Å². The standard InChI is InChI=1S/C14H12N2O6S/c15-11-3-5-12(6-4-11)23(21,22)8-10-2-1-9(14(17)18)7-13(10)16(19)20/h1-7H,8,15H2,(H,17,18). The number of nitro groups is 1. The summed E-state index contributed by atoms with van der Waals surface area (Å²) >= 11 is 0. The zero-order valence-corrected chi connectivity index (χ0v) is 12.5. The smallest absolute Gasteiger partial charge is 0.335 e. The van der Waals surface area contributed by atoms with Crippen LogP contribution in [0.25, 0.3) is 0 Å². The van der Waals surface area contributed by atoms with E-state index in [0.717, 1.165) is 18.2 Å². The van der Waals surface area contributed by atoms with Crippen LogP contribution >= 0.6 is 0 Å². The Labute approximate surface area is 131 Å². The molecule has 0 aliphatic carbocycles. The molecule has 3 N–H and O–H groups in total. The van der Waals surface area contributed by atoms with Gasteiger partial charge in [-0.2, -0.15) is 0 Å². The van der Waals surface area contributed by atoms with Gasteiger partial charge in [0, 0.05) is 17.3 Å². The molecule has 0 saturated carbocycles. The Morgan fingerprint density at radius 2 is 1.78 bits per heavy atom. The summed E-state index contributed by atoms with van der Waals surface area (Å²) < 4.78 is 24.7. The molecule has 0 heterocycles. The Bertz CT molecular complexity index is 875. The summed E-state index contributed by atoms with van der Waals surface area (Å²) in [7, 11) is -3.83. The summed E-state index contributed by atoms with van der Waals surface area (Å²) in [6, 6.07) is 8.55. The lowest BCUT2D eigenvalue weighted by molar-refractivity contribution is -0.385. The van der Waals surface area contributed by atoms with Crippen molar-refractivity contribution in [1.29, 1.82) is 0 Å². The highest BCUT2D eigenvalue weighted by atomic mass is 32.2. The first-order chi connectivity index (χ1) is 10.7. The van der Waals surface area contributed by atoms with Crippen LogP contribution in [0, 0.1) is 10.1 Å². The van der Waals surface area contributed by atoms with Gasteiger partial charge >= 0.3 is 5.97 Å². The number of hydrogen-bond donors (Lipinski definition) is 2. The van der Waals surface area contributed by atoms with Crippen molar-refractivity contribution in [3.63, 3.8) is 0 Å². The van der Waals surface area contributed by atoms with E-state index >= 15 is 0 Å². The minimum atomic E-state index is -3.83. The monoisotopic (exact) mass is 336 g/mol. The molecule has 9 heteroatoms. The van der Waals surface area contributed by atoms with Crippen LogP contribution in [0.5, 0.6) is 0 Å². The average molecular weight is 336 g/mol. The third-order valence-corrected chi connectivity index (χ3v) is 4.80. The molecule has 2 aromatic rings. The number of carboxylic acid groups (broad SMARTS) is 1. The zero-order valence-electron chi connectivity index (χ0n) is 11.7. The summed E-state index contributed by atoms with van der Waals surface area (Å²) in [5.41, 5.74) is 4.96. The van der Waals surface area contributed by atoms with E-state index in [-0.39, 0.29) is 16.0 Å². The molecule has 0 spiro atoms. The number of nitro benzene ring substituents is 1. The van der Waals surface area contributed by atoms with E-state index in [0.29, 0.717) is 5.69 Å². The van der Waals surface area contributed by atoms with Crippen LogP contribution in [-0.2, 0) is 15.6 Å². The molecule has 0 aliphatic rings. The quantitative estimate of drug-likeness (QED) is 0.482. The van der Waals surface area contributed by atoms with E-state index in [4.69, 9.17) is 10.8 Å². The molecule has 0 radical (unpaired) electrons. The molecule has 2 rings (SSSR count). The number of carboxylic acids is 1. The lowest BCUT2D eigenvalue weighted by atomic mass is 10.1. The van der Waals surface area contributed by atoms with Gasteiger partial charge in [-0.05, 0) is 30.3 Å². The molecular weight excluding hydrogens is 324 g/mol. The summed E-state index contributed by atoms with van der Waals surface area (Å²) in [5.74, 6) is -1.95. The first-order valence-electron chi connectivity index (χ1n) is 6.29. The number of carbonyl (C=O) groups is 1. The second-order valence-corrected chi connectivity index (χ2v) is 6.72. The summed E-state index contributed by atoms with van der Waals surface area (Å²) in [6.07, 6.45) is 0. The van der Waals surface area contributed by atoms with Crippen molar-refractivity contribution in [3.05, 3.63) is 63.7 Å². The van der Waals surface area contributed by atoms with Crippen molar-refractivity contribution in [1.82, 2.24) is 0 Å². The number of rotatable bonds is 5. The second kappa shape index (κ2) is 6.05. The van der Waals surface area contributed by atoms with E-state index in [1.165, 1.54) is 24.3 Å². The first-order valence-corrected chi connectivity index (χ1v) is 7.95. The molecule has 0 atom stereocenters. The molecular formula is C14H12N2O6S. The minimum Gasteiger partial charge on any atom is -0.478 e. The number of benzene rings is 2. The molecule has 0 aliphatic heterocycles. The largest absolute Gasteiger partial charge is 0.478 e. The number of aromatic carboxylic acids is 1. The predicted octanol–water partition coefficient (Wildman–Crippen LogP) is 1.85. The summed E-state index contributed by atoms with van der Waals surface area (Å²) in [5, 5.41) is 19.9. The molecule has 120 valence electrons. The highest BCUT2D eigenvalue weighted by Gasteiger charge is 2.23. The Kier molecular flexibility index (Phi) is 4.32. The van der Waals surface area contributed by atoms with Gasteiger partial charge in [-0.25, -0.2) is 13.2 Å². The summed E-state index contributed by atoms with van der Waals surface area (Å²) in [4.78, 5) is 21.1. The molecule has 0 saturated heterocycles. The number of sulfone groups is 1. The lowest BCUT2D eigenvalue weighted by Crippen LogP contribution is -2.08. The zero-order chi connectivity index (χ0) is 17.2. The van der Waals surface area contributed by atoms with Crippen molar-refractivity contribution in [2.45, 2.75) is 10.6 Å². The van der Waals surface area contributed by atoms with Gasteiger partial charge in [0.05, 0.1) is 21.1 Å². The SMILES string of the molecule is Nc1ccc(S(=O)(=O)Cc2ccc(C(=O)O)cc2[N+](=O)[O-])cc1. The maximum Gasteiger partial charge on any atom is 0.335 e. The van der Waals surface area contributed by atoms with E-state index in [9.17, 15) is 23.3 Å². The van der Waals surface area contributed by atoms with E-state index in [2.05, 4.69) is 0 Å². The van der Waals surface area contributed by atoms with Crippen LogP contribution in [0.4, 0.5) is 11.4 Å². The first kappa shape index (κ1) is 16.4. The number of nitrogen functional groups attached to an aromatic ring is 1. The third-order valence-electron chi connectivity index (χ3n) is 3.11. The Morgan fingerprint density at radius 1 is 1.17 bits per heavy atom. The van der Waals surface area contributed by atoms with Crippen LogP contribution < -0.4 is 5.73 Å². The van der Waals surface area contributed by atoms with Gasteiger partial charge in [0.15, 0.2) is 9.84 Å². The van der Waals surface area contributed by atoms with Crippen molar-refractivity contribution in [2.75, 3.05) is 5.73 Å². The number of anilines is 1.